The van der Waals surface area contributed by atoms with Gasteiger partial charge in [0.25, 0.3) is 5.12 Å². The van der Waals surface area contributed by atoms with Crippen LogP contribution in [-0.4, -0.2) is 133 Å². The molecule has 4 aliphatic rings. The zero-order valence-corrected chi connectivity index (χ0v) is 53.5. The number of carbonyl (C=O) groups excluding carboxylic acids is 10. The molecule has 91 heavy (non-hydrogen) atoms. The first-order valence-corrected chi connectivity index (χ1v) is 32.5. The van der Waals surface area contributed by atoms with E-state index in [0.717, 1.165) is 61.6 Å². The van der Waals surface area contributed by atoms with Crippen LogP contribution in [0, 0.1) is 28.6 Å². The minimum Gasteiger partial charge on any atom is -0.508 e. The summed E-state index contributed by atoms with van der Waals surface area (Å²) in [5, 5.41) is 42.6. The third-order valence-electron chi connectivity index (χ3n) is 19.5. The first-order chi connectivity index (χ1) is 42.9. The normalized spacial score (nSPS) is 23.7. The number of aromatic hydroxyl groups is 1. The number of urea groups is 1. The van der Waals surface area contributed by atoms with Gasteiger partial charge in [0.1, 0.15) is 30.5 Å². The topological polar surface area (TPSA) is 409 Å². The van der Waals surface area contributed by atoms with E-state index < -0.39 is 116 Å². The van der Waals surface area contributed by atoms with Crippen molar-refractivity contribution in [2.24, 2.45) is 34.3 Å². The first-order valence-electron chi connectivity index (χ1n) is 31.0. The van der Waals surface area contributed by atoms with Crippen LogP contribution >= 0.6 is 0 Å². The summed E-state index contributed by atoms with van der Waals surface area (Å²) < 4.78 is 36.2. The number of carbonyl (C=O) groups is 10. The maximum atomic E-state index is 14.8. The fraction of sp³-hybridized carbons (Fsp3) is 0.562. The van der Waals surface area contributed by atoms with E-state index in [4.69, 9.17) is 15.0 Å². The average Bonchev–Trinajstić information content (AvgIpc) is 0.731. The smallest absolute Gasteiger partial charge is 0.408 e. The molecule has 496 valence electrons. The highest BCUT2D eigenvalue weighted by atomic mass is 32.2. The van der Waals surface area contributed by atoms with Gasteiger partial charge in [-0.2, -0.15) is 8.42 Å². The van der Waals surface area contributed by atoms with Gasteiger partial charge in [-0.05, 0) is 170 Å². The summed E-state index contributed by atoms with van der Waals surface area (Å²) in [7, 11) is -3.58. The maximum absolute atomic E-state index is 14.8. The largest absolute Gasteiger partial charge is 0.508 e. The van der Waals surface area contributed by atoms with Gasteiger partial charge in [-0.1, -0.05) is 78.6 Å². The zero-order valence-electron chi connectivity index (χ0n) is 52.7. The molecule has 4 aliphatic carbocycles. The number of hydrogen-bond donors (Lipinski definition) is 13. The fourth-order valence-corrected chi connectivity index (χ4v) is 14.7. The van der Waals surface area contributed by atoms with Crippen molar-refractivity contribution in [2.45, 2.75) is 173 Å². The number of aliphatic hydroxyl groups excluding tert-OH is 1. The molecule has 7 rings (SSSR count). The lowest BCUT2D eigenvalue weighted by atomic mass is 9.49. The number of hydrogen-bond acceptors (Lipinski definition) is 16. The first kappa shape index (κ1) is 70.4. The van der Waals surface area contributed by atoms with Gasteiger partial charge in [-0.25, -0.2) is 9.59 Å². The SMILES string of the molecule is CN[C@H](CCC(=O)NCC(=O)S(=O)(=O)O)C(=O)N[C@H](C(=O)N[C@@H](CCCNC(N)=O)C(=O)Nc1ccc(COC(=O)N[C@@H](CO)C(=O)Nc2ccc3c(c2)[C@@]2(C)CCC[C@](C)(C(=O)NC(=O)[C@@]4(C)CCC[C@]5(C)c6cc(O)ccc6CC[C@@H]45)[C@@H]2CC3)cc1)C(C)C. The van der Waals surface area contributed by atoms with Gasteiger partial charge in [-0.3, -0.25) is 48.2 Å². The van der Waals surface area contributed by atoms with Crippen LogP contribution in [-0.2, 0) is 83.5 Å². The minimum atomic E-state index is -5.01. The van der Waals surface area contributed by atoms with E-state index in [1.54, 1.807) is 38.1 Å². The van der Waals surface area contributed by atoms with Gasteiger partial charge in [0.15, 0.2) is 0 Å². The van der Waals surface area contributed by atoms with Crippen LogP contribution < -0.4 is 53.6 Å². The number of phenolic OH excluding ortho intramolecular Hbond substituents is 1. The van der Waals surface area contributed by atoms with Crippen molar-refractivity contribution in [1.82, 2.24) is 37.2 Å². The van der Waals surface area contributed by atoms with Crippen molar-refractivity contribution in [3.63, 3.8) is 0 Å². The van der Waals surface area contributed by atoms with Gasteiger partial charge in [-0.15, -0.1) is 0 Å². The number of nitrogens with two attached hydrogens (primary N) is 1. The maximum Gasteiger partial charge on any atom is 0.408 e. The van der Waals surface area contributed by atoms with Gasteiger partial charge < -0.3 is 63.2 Å². The average molecular weight is 1290 g/mol. The lowest BCUT2D eigenvalue weighted by molar-refractivity contribution is -0.150. The van der Waals surface area contributed by atoms with E-state index in [-0.39, 0.29) is 79.3 Å². The third-order valence-corrected chi connectivity index (χ3v) is 20.2. The number of amides is 10. The van der Waals surface area contributed by atoms with Crippen LogP contribution in [0.15, 0.2) is 60.7 Å². The number of ether oxygens (including phenoxy) is 1. The Balaban J connectivity index is 0.917. The van der Waals surface area contributed by atoms with E-state index in [1.165, 1.54) is 24.7 Å². The third kappa shape index (κ3) is 16.6. The van der Waals surface area contributed by atoms with Crippen molar-refractivity contribution >= 4 is 80.1 Å². The molecule has 0 aromatic heterocycles. The Bertz CT molecular complexity index is 3380. The number of primary amides is 1. The number of phenols is 1. The summed E-state index contributed by atoms with van der Waals surface area (Å²) in [6.45, 7) is 9.63. The Morgan fingerprint density at radius 2 is 1.23 bits per heavy atom. The van der Waals surface area contributed by atoms with E-state index in [9.17, 15) is 66.6 Å². The van der Waals surface area contributed by atoms with E-state index in [1.807, 2.05) is 43.4 Å². The second-order valence-corrected chi connectivity index (χ2v) is 27.3. The molecule has 0 bridgehead atoms. The molecule has 0 unspecified atom stereocenters. The van der Waals surface area contributed by atoms with Crippen molar-refractivity contribution < 1.29 is 75.9 Å². The van der Waals surface area contributed by atoms with Crippen LogP contribution in [0.5, 0.6) is 5.75 Å². The standard InChI is InChI=1S/C64H88N10O16S/c1-36(2)52(73-53(79)45(66-7)22-25-50(77)68-33-51(78)91(87,88)89)56(82)71-46(11-8-30-67-59(65)85)54(80)69-40-18-12-37(13-19-40)35-90-60(86)72-47(34-75)55(81)70-41-20-14-38-16-23-48-61(3,43(38)31-41)26-9-28-63(48,5)57(83)74-58(84)64(6)29-10-27-62(4)44-32-42(76)21-15-39(44)17-24-49(62)64/h12-15,18-21,31-32,36,45-49,52,66,75-76H,8-11,16-17,22-30,33-35H2,1-7H3,(H,68,77)(H,69,80)(H,70,81)(H,71,82)(H,72,86)(H,73,79)(H3,65,67,85)(H,74,83,84)(H,87,88,89)/t45-,46+,47+,48-,49-,52+,61-,62-,63+,64+/m1/s1. The molecular formula is C64H88N10O16S. The highest BCUT2D eigenvalue weighted by Crippen LogP contribution is 2.60. The Hall–Kier alpha value is -8.01. The Kier molecular flexibility index (Phi) is 22.8. The number of aryl methyl sites for hydroxylation is 2. The zero-order chi connectivity index (χ0) is 66.8. The molecule has 3 aromatic carbocycles. The van der Waals surface area contributed by atoms with Crippen molar-refractivity contribution in [1.29, 1.82) is 0 Å². The molecule has 0 saturated heterocycles. The molecule has 0 aliphatic heterocycles. The van der Waals surface area contributed by atoms with Crippen molar-refractivity contribution in [3.8, 4) is 5.75 Å². The number of imide groups is 1. The molecule has 2 saturated carbocycles. The highest BCUT2D eigenvalue weighted by molar-refractivity contribution is 8.01. The lowest BCUT2D eigenvalue weighted by Crippen LogP contribution is -2.60. The van der Waals surface area contributed by atoms with Crippen LogP contribution in [0.25, 0.3) is 0 Å². The van der Waals surface area contributed by atoms with Gasteiger partial charge >= 0.3 is 22.2 Å². The second kappa shape index (κ2) is 29.5. The number of likely N-dealkylation sites (N-methyl/N-ethyl adjacent to an activating group) is 1. The molecule has 27 heteroatoms. The molecule has 3 aromatic rings. The quantitative estimate of drug-likeness (QED) is 0.0325. The molecule has 0 spiro atoms. The minimum absolute atomic E-state index is 0.00422. The molecule has 26 nitrogen and oxygen atoms in total. The van der Waals surface area contributed by atoms with Crippen LogP contribution in [0.1, 0.15) is 146 Å². The Labute approximate surface area is 530 Å². The number of fused-ring (bicyclic) bond motifs is 6. The van der Waals surface area contributed by atoms with E-state index in [2.05, 4.69) is 56.4 Å². The monoisotopic (exact) mass is 1280 g/mol. The summed E-state index contributed by atoms with van der Waals surface area (Å²) in [4.78, 5) is 132. The summed E-state index contributed by atoms with van der Waals surface area (Å²) >= 11 is 0. The van der Waals surface area contributed by atoms with Gasteiger partial charge in [0, 0.05) is 24.3 Å². The number of aliphatic hydroxyl groups is 1. The Morgan fingerprint density at radius 3 is 1.79 bits per heavy atom. The molecule has 0 radical (unpaired) electrons. The number of nitrogens with one attached hydrogen (secondary N) is 9. The predicted molar refractivity (Wildman–Crippen MR) is 335 cm³/mol. The van der Waals surface area contributed by atoms with E-state index in [0.29, 0.717) is 30.5 Å². The molecular weight excluding hydrogens is 1200 g/mol. The summed E-state index contributed by atoms with van der Waals surface area (Å²) in [6.07, 6.45) is 6.10. The van der Waals surface area contributed by atoms with Crippen LogP contribution in [0.4, 0.5) is 21.0 Å². The molecule has 2 fully saturated rings. The van der Waals surface area contributed by atoms with Crippen LogP contribution in [0.2, 0.25) is 0 Å². The van der Waals surface area contributed by atoms with Gasteiger partial charge in [0.05, 0.1) is 30.0 Å². The fourth-order valence-electron chi connectivity index (χ4n) is 14.5. The predicted octanol–water partition coefficient (Wildman–Crippen LogP) is 3.89. The highest BCUT2D eigenvalue weighted by Gasteiger charge is 2.58. The molecule has 10 amide bonds. The number of rotatable bonds is 25. The number of alkyl carbamates (subject to hydrolysis) is 1. The summed E-state index contributed by atoms with van der Waals surface area (Å²) in [5.74, 6) is -4.62. The van der Waals surface area contributed by atoms with Gasteiger partial charge in [0.2, 0.25) is 41.4 Å². The Morgan fingerprint density at radius 1 is 0.670 bits per heavy atom. The van der Waals surface area contributed by atoms with Crippen molar-refractivity contribution in [2.75, 3.05) is 37.4 Å². The molecule has 10 atom stereocenters. The lowest BCUT2D eigenvalue weighted by Gasteiger charge is -2.56. The van der Waals surface area contributed by atoms with Crippen molar-refractivity contribution in [3.05, 3.63) is 88.5 Å². The molecule has 0 heterocycles. The second-order valence-electron chi connectivity index (χ2n) is 25.9. The molecule has 14 N–H and O–H groups in total. The number of benzene rings is 3. The summed E-state index contributed by atoms with van der Waals surface area (Å²) in [6, 6.07) is 11.6. The number of anilines is 2. The van der Waals surface area contributed by atoms with E-state index >= 15 is 0 Å². The van der Waals surface area contributed by atoms with Crippen LogP contribution in [0.3, 0.4) is 0 Å². The summed E-state index contributed by atoms with van der Waals surface area (Å²) in [5.41, 5.74) is 8.18.